The first kappa shape index (κ1) is 17.4. The summed E-state index contributed by atoms with van der Waals surface area (Å²) in [7, 11) is -6.32. The molecule has 1 fully saturated rings. The molecule has 1 amide bonds. The van der Waals surface area contributed by atoms with Crippen molar-refractivity contribution in [3.63, 3.8) is 0 Å². The number of amides is 1. The third-order valence-electron chi connectivity index (χ3n) is 3.95. The number of carbonyl (C=O) groups is 1. The van der Waals surface area contributed by atoms with Crippen molar-refractivity contribution in [2.24, 2.45) is 0 Å². The third-order valence-corrected chi connectivity index (χ3v) is 9.86. The molecule has 2 atom stereocenters. The molecular weight excluding hydrogens is 302 g/mol. The molecule has 1 heterocycles. The van der Waals surface area contributed by atoms with Crippen LogP contribution in [0.15, 0.2) is 0 Å². The highest BCUT2D eigenvalue weighted by atomic mass is 32.2. The second-order valence-corrected chi connectivity index (χ2v) is 12.7. The van der Waals surface area contributed by atoms with Gasteiger partial charge in [-0.05, 0) is 25.1 Å². The minimum Gasteiger partial charge on any atom is -0.464 e. The summed E-state index contributed by atoms with van der Waals surface area (Å²) in [6.07, 6.45) is -2.09. The van der Waals surface area contributed by atoms with Gasteiger partial charge in [0, 0.05) is 0 Å². The molecule has 1 rings (SSSR count). The minimum absolute atomic E-state index is 0.0480. The van der Waals surface area contributed by atoms with Gasteiger partial charge in [-0.2, -0.15) is 12.7 Å². The molecule has 0 radical (unpaired) electrons. The van der Waals surface area contributed by atoms with Gasteiger partial charge in [0.2, 0.25) is 0 Å². The van der Waals surface area contributed by atoms with Crippen LogP contribution < -0.4 is 0 Å². The molecule has 0 aliphatic carbocycles. The van der Waals surface area contributed by atoms with E-state index >= 15 is 0 Å². The van der Waals surface area contributed by atoms with Gasteiger partial charge < -0.3 is 9.53 Å². The largest absolute Gasteiger partial charge is 0.464 e. The van der Waals surface area contributed by atoms with E-state index in [1.54, 1.807) is 6.92 Å². The molecule has 118 valence electrons. The highest BCUT2D eigenvalue weighted by Crippen LogP contribution is 2.38. The quantitative estimate of drug-likeness (QED) is 0.798. The van der Waals surface area contributed by atoms with E-state index in [1.165, 1.54) is 0 Å². The lowest BCUT2D eigenvalue weighted by Crippen LogP contribution is -2.51. The Balaban J connectivity index is 2.94. The number of nitrogens with zero attached hydrogens (tertiary/aromatic N) is 1. The van der Waals surface area contributed by atoms with Crippen LogP contribution in [0.1, 0.15) is 27.7 Å². The van der Waals surface area contributed by atoms with Gasteiger partial charge in [-0.3, -0.25) is 4.18 Å². The summed E-state index contributed by atoms with van der Waals surface area (Å²) in [6.45, 7) is 11.7. The van der Waals surface area contributed by atoms with Crippen LogP contribution >= 0.6 is 0 Å². The average molecular weight is 325 g/mol. The second-order valence-electron chi connectivity index (χ2n) is 6.47. The predicted octanol–water partition coefficient (Wildman–Crippen LogP) is 2.02. The van der Waals surface area contributed by atoms with E-state index in [4.69, 9.17) is 9.53 Å². The van der Waals surface area contributed by atoms with Crippen LogP contribution in [-0.4, -0.2) is 51.0 Å². The van der Waals surface area contributed by atoms with Crippen molar-refractivity contribution >= 4 is 24.7 Å². The molecule has 7 nitrogen and oxygen atoms in total. The van der Waals surface area contributed by atoms with Gasteiger partial charge in [0.25, 0.3) is 0 Å². The Hall–Kier alpha value is -0.643. The Morgan fingerprint density at radius 2 is 1.95 bits per heavy atom. The van der Waals surface area contributed by atoms with E-state index in [1.807, 2.05) is 13.1 Å². The Morgan fingerprint density at radius 3 is 2.35 bits per heavy atom. The summed E-state index contributed by atoms with van der Waals surface area (Å²) >= 11 is 0. The molecule has 0 spiro atoms. The normalized spacial score (nSPS) is 24.7. The lowest BCUT2D eigenvalue weighted by atomic mass is 10.2. The van der Waals surface area contributed by atoms with Crippen LogP contribution in [0.25, 0.3) is 0 Å². The Morgan fingerprint density at radius 1 is 1.45 bits per heavy atom. The zero-order chi connectivity index (χ0) is 15.9. The first-order valence-electron chi connectivity index (χ1n) is 6.39. The number of carboxylic acid groups (broad SMARTS) is 1. The van der Waals surface area contributed by atoms with Gasteiger partial charge in [-0.1, -0.05) is 20.8 Å². The molecule has 0 aromatic rings. The van der Waals surface area contributed by atoms with Crippen molar-refractivity contribution in [2.45, 2.75) is 58.0 Å². The van der Waals surface area contributed by atoms with E-state index in [0.29, 0.717) is 4.31 Å². The van der Waals surface area contributed by atoms with Crippen LogP contribution in [0.5, 0.6) is 0 Å². The molecule has 9 heteroatoms. The molecule has 0 saturated carbocycles. The predicted molar refractivity (Wildman–Crippen MR) is 76.3 cm³/mol. The zero-order valence-electron chi connectivity index (χ0n) is 12.7. The fourth-order valence-electron chi connectivity index (χ4n) is 1.73. The first-order valence-corrected chi connectivity index (χ1v) is 10.7. The van der Waals surface area contributed by atoms with Crippen molar-refractivity contribution in [2.75, 3.05) is 6.61 Å². The second kappa shape index (κ2) is 5.28. The summed E-state index contributed by atoms with van der Waals surface area (Å²) in [6, 6.07) is -0.841. The lowest BCUT2D eigenvalue weighted by molar-refractivity contribution is 0.102. The summed E-state index contributed by atoms with van der Waals surface area (Å²) in [5, 5.41) is 9.00. The fraction of sp³-hybridized carbons (Fsp3) is 0.909. The van der Waals surface area contributed by atoms with Gasteiger partial charge in [-0.15, -0.1) is 0 Å². The fourth-order valence-corrected chi connectivity index (χ4v) is 4.35. The van der Waals surface area contributed by atoms with E-state index in [9.17, 15) is 13.2 Å². The van der Waals surface area contributed by atoms with Crippen LogP contribution in [0.3, 0.4) is 0 Å². The number of hydrogen-bond acceptors (Lipinski definition) is 5. The van der Waals surface area contributed by atoms with Crippen LogP contribution in [0, 0.1) is 0 Å². The molecular formula is C11H23NO6SSi. The van der Waals surface area contributed by atoms with E-state index in [0.717, 1.165) is 0 Å². The smallest absolute Gasteiger partial charge is 0.423 e. The Bertz CT molecular complexity index is 484. The van der Waals surface area contributed by atoms with Crippen molar-refractivity contribution < 1.29 is 26.9 Å². The summed E-state index contributed by atoms with van der Waals surface area (Å²) < 4.78 is 34.1. The van der Waals surface area contributed by atoms with Crippen molar-refractivity contribution in [1.82, 2.24) is 4.31 Å². The summed E-state index contributed by atoms with van der Waals surface area (Å²) in [5.74, 6) is 0. The van der Waals surface area contributed by atoms with Crippen molar-refractivity contribution in [3.8, 4) is 0 Å². The van der Waals surface area contributed by atoms with Gasteiger partial charge >= 0.3 is 16.4 Å². The Kier molecular flexibility index (Phi) is 4.60. The highest BCUT2D eigenvalue weighted by Gasteiger charge is 2.48. The molecule has 20 heavy (non-hydrogen) atoms. The maximum Gasteiger partial charge on any atom is 0.423 e. The molecule has 1 saturated heterocycles. The van der Waals surface area contributed by atoms with Crippen LogP contribution in [-0.2, 0) is 18.9 Å². The monoisotopic (exact) mass is 325 g/mol. The minimum atomic E-state index is -4.20. The third kappa shape index (κ3) is 3.33. The topological polar surface area (TPSA) is 93.1 Å². The van der Waals surface area contributed by atoms with Crippen LogP contribution in [0.2, 0.25) is 18.1 Å². The van der Waals surface area contributed by atoms with Gasteiger partial charge in [0.15, 0.2) is 8.32 Å². The highest BCUT2D eigenvalue weighted by molar-refractivity contribution is 7.85. The molecule has 1 unspecified atom stereocenters. The summed E-state index contributed by atoms with van der Waals surface area (Å²) in [4.78, 5) is 11.1. The molecule has 1 N–H and O–H groups in total. The summed E-state index contributed by atoms with van der Waals surface area (Å²) in [5.41, 5.74) is 0. The van der Waals surface area contributed by atoms with Gasteiger partial charge in [-0.25, -0.2) is 4.79 Å². The zero-order valence-corrected chi connectivity index (χ0v) is 14.5. The molecule has 0 bridgehead atoms. The molecule has 0 aromatic heterocycles. The maximum absolute atomic E-state index is 11.6. The maximum atomic E-state index is 11.6. The average Bonchev–Trinajstić information content (AvgIpc) is 2.51. The van der Waals surface area contributed by atoms with Gasteiger partial charge in [0.1, 0.15) is 6.04 Å². The van der Waals surface area contributed by atoms with Crippen molar-refractivity contribution in [3.05, 3.63) is 0 Å². The molecule has 0 aromatic carbocycles. The lowest BCUT2D eigenvalue weighted by Gasteiger charge is -2.40. The molecule has 1 aliphatic heterocycles. The first-order chi connectivity index (χ1) is 8.79. The SMILES string of the molecule is CC(O[Si](C)(C)C(C)(C)C)[C@H]1COS(=O)(=O)N1C(=O)O. The number of rotatable bonds is 3. The van der Waals surface area contributed by atoms with Crippen LogP contribution in [0.4, 0.5) is 4.79 Å². The van der Waals surface area contributed by atoms with Crippen molar-refractivity contribution in [1.29, 1.82) is 0 Å². The van der Waals surface area contributed by atoms with E-state index < -0.39 is 36.9 Å². The Labute approximate surface area is 121 Å². The van der Waals surface area contributed by atoms with E-state index in [2.05, 4.69) is 25.0 Å². The van der Waals surface area contributed by atoms with Gasteiger partial charge in [0.05, 0.1) is 12.7 Å². The van der Waals surface area contributed by atoms with E-state index in [-0.39, 0.29) is 11.6 Å². The number of hydrogen-bond donors (Lipinski definition) is 1. The standard InChI is InChI=1S/C11H23NO6SSi/c1-8(18-20(5,6)11(2,3)4)9-7-17-19(15,16)12(9)10(13)14/h8-9H,7H2,1-6H3,(H,13,14)/t8?,9-/m1/s1. The molecule has 1 aliphatic rings.